The van der Waals surface area contributed by atoms with E-state index in [1.54, 1.807) is 49.4 Å². The third-order valence-electron chi connectivity index (χ3n) is 4.53. The van der Waals surface area contributed by atoms with E-state index in [0.29, 0.717) is 34.4 Å². The van der Waals surface area contributed by atoms with Crippen molar-refractivity contribution in [3.05, 3.63) is 58.3 Å². The van der Waals surface area contributed by atoms with Crippen molar-refractivity contribution in [2.75, 3.05) is 17.7 Å². The molecule has 5 N–H and O–H groups in total. The second-order valence-electron chi connectivity index (χ2n) is 6.60. The first-order valence-corrected chi connectivity index (χ1v) is 8.88. The quantitative estimate of drug-likeness (QED) is 0.361. The van der Waals surface area contributed by atoms with E-state index in [2.05, 4.69) is 25.8 Å². The molecule has 4 aromatic rings. The van der Waals surface area contributed by atoms with Gasteiger partial charge >= 0.3 is 0 Å². The van der Waals surface area contributed by atoms with Crippen LogP contribution in [0.5, 0.6) is 0 Å². The van der Waals surface area contributed by atoms with Crippen molar-refractivity contribution >= 4 is 23.0 Å². The standard InChI is InChI=1S/C18H21N9O2/c1-10-6-12(18(29)26(9-10)15-4-5-21-25(15)3)23-13-7-14(20-2)27-17(24-13)11(8-22-27)16(19)28/h4-9,16,20,28H,19H2,1-3H3,(H,23,24). The maximum Gasteiger partial charge on any atom is 0.280 e. The molecule has 0 aliphatic heterocycles. The monoisotopic (exact) mass is 395 g/mol. The third kappa shape index (κ3) is 3.22. The molecule has 1 atom stereocenters. The number of nitrogens with one attached hydrogen (secondary N) is 2. The average Bonchev–Trinajstić information content (AvgIpc) is 3.30. The van der Waals surface area contributed by atoms with Crippen molar-refractivity contribution in [2.24, 2.45) is 12.8 Å². The molecule has 11 heteroatoms. The van der Waals surface area contributed by atoms with Gasteiger partial charge in [-0.3, -0.25) is 14.0 Å². The van der Waals surface area contributed by atoms with Crippen LogP contribution in [0.25, 0.3) is 11.5 Å². The topological polar surface area (TPSA) is 140 Å². The summed E-state index contributed by atoms with van der Waals surface area (Å²) < 4.78 is 4.67. The summed E-state index contributed by atoms with van der Waals surface area (Å²) >= 11 is 0. The summed E-state index contributed by atoms with van der Waals surface area (Å²) in [5.74, 6) is 1.66. The lowest BCUT2D eigenvalue weighted by Crippen LogP contribution is -2.23. The zero-order valence-electron chi connectivity index (χ0n) is 16.2. The normalized spacial score (nSPS) is 12.3. The predicted octanol–water partition coefficient (Wildman–Crippen LogP) is 0.657. The Morgan fingerprint density at radius 1 is 1.28 bits per heavy atom. The maximum atomic E-state index is 13.1. The van der Waals surface area contributed by atoms with E-state index in [-0.39, 0.29) is 5.56 Å². The number of aromatic nitrogens is 6. The Kier molecular flexibility index (Phi) is 4.53. The zero-order chi connectivity index (χ0) is 20.7. The van der Waals surface area contributed by atoms with Crippen molar-refractivity contribution in [3.63, 3.8) is 0 Å². The van der Waals surface area contributed by atoms with Crippen LogP contribution >= 0.6 is 0 Å². The number of aliphatic hydroxyl groups excluding tert-OH is 1. The van der Waals surface area contributed by atoms with Crippen LogP contribution < -0.4 is 21.9 Å². The van der Waals surface area contributed by atoms with E-state index >= 15 is 0 Å². The number of aliphatic hydroxyl groups is 1. The second kappa shape index (κ2) is 7.04. The molecule has 0 aliphatic carbocycles. The number of hydrogen-bond donors (Lipinski definition) is 4. The molecule has 0 amide bonds. The van der Waals surface area contributed by atoms with Crippen LogP contribution in [-0.2, 0) is 7.05 Å². The number of nitrogens with zero attached hydrogens (tertiary/aromatic N) is 6. The summed E-state index contributed by atoms with van der Waals surface area (Å²) in [6.07, 6.45) is 3.62. The first kappa shape index (κ1) is 18.7. The molecule has 0 aromatic carbocycles. The molecule has 0 bridgehead atoms. The fourth-order valence-corrected chi connectivity index (χ4v) is 3.15. The highest BCUT2D eigenvalue weighted by atomic mass is 16.3. The zero-order valence-corrected chi connectivity index (χ0v) is 16.2. The molecule has 29 heavy (non-hydrogen) atoms. The SMILES string of the molecule is CNc1cc(Nc2cc(C)cn(-c3ccnn3C)c2=O)nc2c(C(N)O)cnn12. The van der Waals surface area contributed by atoms with Crippen LogP contribution in [0.2, 0.25) is 0 Å². The van der Waals surface area contributed by atoms with E-state index in [1.807, 2.05) is 6.92 Å². The number of pyridine rings is 1. The highest BCUT2D eigenvalue weighted by molar-refractivity contribution is 5.65. The maximum absolute atomic E-state index is 13.1. The summed E-state index contributed by atoms with van der Waals surface area (Å²) in [7, 11) is 3.51. The van der Waals surface area contributed by atoms with Gasteiger partial charge in [0.15, 0.2) is 5.65 Å². The number of nitrogens with two attached hydrogens (primary N) is 1. The largest absolute Gasteiger partial charge is 0.374 e. The molecule has 11 nitrogen and oxygen atoms in total. The third-order valence-corrected chi connectivity index (χ3v) is 4.53. The minimum Gasteiger partial charge on any atom is -0.374 e. The minimum absolute atomic E-state index is 0.250. The van der Waals surface area contributed by atoms with Crippen LogP contribution in [-0.4, -0.2) is 41.1 Å². The number of fused-ring (bicyclic) bond motifs is 1. The van der Waals surface area contributed by atoms with Gasteiger partial charge in [-0.25, -0.2) is 4.98 Å². The van der Waals surface area contributed by atoms with Crippen molar-refractivity contribution in [1.82, 2.24) is 28.9 Å². The fourth-order valence-electron chi connectivity index (χ4n) is 3.15. The van der Waals surface area contributed by atoms with Crippen molar-refractivity contribution in [1.29, 1.82) is 0 Å². The van der Waals surface area contributed by atoms with Gasteiger partial charge in [-0.15, -0.1) is 0 Å². The summed E-state index contributed by atoms with van der Waals surface area (Å²) in [6.45, 7) is 1.90. The van der Waals surface area contributed by atoms with Crippen molar-refractivity contribution in [2.45, 2.75) is 13.2 Å². The van der Waals surface area contributed by atoms with Crippen molar-refractivity contribution in [3.8, 4) is 5.82 Å². The molecular formula is C18H21N9O2. The van der Waals surface area contributed by atoms with E-state index in [1.165, 1.54) is 15.3 Å². The van der Waals surface area contributed by atoms with Gasteiger partial charge in [0.1, 0.15) is 29.4 Å². The van der Waals surface area contributed by atoms with Gasteiger partial charge in [0, 0.05) is 32.4 Å². The van der Waals surface area contributed by atoms with Gasteiger partial charge in [0.25, 0.3) is 5.56 Å². The summed E-state index contributed by atoms with van der Waals surface area (Å²) in [4.78, 5) is 17.5. The van der Waals surface area contributed by atoms with E-state index < -0.39 is 6.23 Å². The molecule has 0 aliphatic rings. The molecule has 4 rings (SSSR count). The fraction of sp³-hybridized carbons (Fsp3) is 0.222. The Labute approximate surface area is 165 Å². The number of rotatable bonds is 5. The Morgan fingerprint density at radius 2 is 2.07 bits per heavy atom. The van der Waals surface area contributed by atoms with Gasteiger partial charge in [-0.05, 0) is 18.6 Å². The van der Waals surface area contributed by atoms with E-state index in [4.69, 9.17) is 5.73 Å². The molecule has 0 fully saturated rings. The van der Waals surface area contributed by atoms with Gasteiger partial charge in [-0.2, -0.15) is 14.7 Å². The molecule has 4 aromatic heterocycles. The number of aryl methyl sites for hydroxylation is 2. The van der Waals surface area contributed by atoms with Crippen LogP contribution in [0.1, 0.15) is 17.4 Å². The van der Waals surface area contributed by atoms with Crippen molar-refractivity contribution < 1.29 is 5.11 Å². The summed E-state index contributed by atoms with van der Waals surface area (Å²) in [5.41, 5.74) is 7.35. The molecule has 150 valence electrons. The van der Waals surface area contributed by atoms with E-state index in [9.17, 15) is 9.90 Å². The summed E-state index contributed by atoms with van der Waals surface area (Å²) in [5, 5.41) is 24.2. The van der Waals surface area contributed by atoms with Crippen LogP contribution in [0.3, 0.4) is 0 Å². The summed E-state index contributed by atoms with van der Waals surface area (Å²) in [6, 6.07) is 5.22. The molecular weight excluding hydrogens is 374 g/mol. The predicted molar refractivity (Wildman–Crippen MR) is 109 cm³/mol. The lowest BCUT2D eigenvalue weighted by atomic mass is 10.2. The second-order valence-corrected chi connectivity index (χ2v) is 6.60. The van der Waals surface area contributed by atoms with Gasteiger partial charge in [0.05, 0.1) is 18.0 Å². The van der Waals surface area contributed by atoms with Crippen LogP contribution in [0, 0.1) is 6.92 Å². The average molecular weight is 395 g/mol. The van der Waals surface area contributed by atoms with Gasteiger partial charge in [0.2, 0.25) is 0 Å². The van der Waals surface area contributed by atoms with Crippen LogP contribution in [0.15, 0.2) is 41.6 Å². The Hall–Kier alpha value is -3.70. The highest BCUT2D eigenvalue weighted by Gasteiger charge is 2.16. The molecule has 1 unspecified atom stereocenters. The lowest BCUT2D eigenvalue weighted by Gasteiger charge is -2.13. The van der Waals surface area contributed by atoms with Gasteiger partial charge in [-0.1, -0.05) is 0 Å². The molecule has 0 saturated carbocycles. The molecule has 0 saturated heterocycles. The molecule has 0 radical (unpaired) electrons. The molecule has 0 spiro atoms. The smallest absolute Gasteiger partial charge is 0.280 e. The Morgan fingerprint density at radius 3 is 2.72 bits per heavy atom. The Balaban J connectivity index is 1.83. The number of hydrogen-bond acceptors (Lipinski definition) is 8. The first-order valence-electron chi connectivity index (χ1n) is 8.88. The number of anilines is 3. The minimum atomic E-state index is -1.22. The van der Waals surface area contributed by atoms with Gasteiger partial charge < -0.3 is 21.5 Å². The van der Waals surface area contributed by atoms with E-state index in [0.717, 1.165) is 5.56 Å². The first-order chi connectivity index (χ1) is 13.9. The Bertz CT molecular complexity index is 1250. The van der Waals surface area contributed by atoms with Crippen LogP contribution in [0.4, 0.5) is 17.3 Å². The highest BCUT2D eigenvalue weighted by Crippen LogP contribution is 2.23. The molecule has 4 heterocycles. The lowest BCUT2D eigenvalue weighted by molar-refractivity contribution is 0.187.